The molecule has 0 aromatic carbocycles. The first kappa shape index (κ1) is 29.2. The Hall–Kier alpha value is -4.27. The smallest absolute Gasteiger partial charge is 0.309 e. The molecule has 1 aliphatic rings. The number of carbonyl (C=O) groups is 2. The van der Waals surface area contributed by atoms with E-state index in [-0.39, 0.29) is 30.3 Å². The summed E-state index contributed by atoms with van der Waals surface area (Å²) >= 11 is 1.35. The highest BCUT2D eigenvalue weighted by Gasteiger charge is 2.32. The molecule has 11 nitrogen and oxygen atoms in total. The van der Waals surface area contributed by atoms with Crippen LogP contribution in [0.4, 0.5) is 24.1 Å². The molecule has 2 N–H and O–H groups in total. The van der Waals surface area contributed by atoms with Crippen LogP contribution >= 0.6 is 11.3 Å². The summed E-state index contributed by atoms with van der Waals surface area (Å²) in [5.74, 6) is -0.512. The van der Waals surface area contributed by atoms with Crippen molar-refractivity contribution < 1.29 is 22.8 Å². The molecule has 15 heteroatoms. The molecule has 0 fully saturated rings. The third-order valence-electron chi connectivity index (χ3n) is 6.52. The number of alkyl halides is 3. The lowest BCUT2D eigenvalue weighted by Crippen LogP contribution is -2.18. The first-order chi connectivity index (χ1) is 20.2. The maximum Gasteiger partial charge on any atom is 0.433 e. The van der Waals surface area contributed by atoms with Crippen molar-refractivity contribution in [2.24, 2.45) is 0 Å². The van der Waals surface area contributed by atoms with Gasteiger partial charge in [0.1, 0.15) is 10.7 Å². The Morgan fingerprint density at radius 1 is 0.881 bits per heavy atom. The zero-order valence-corrected chi connectivity index (χ0v) is 23.3. The first-order valence-electron chi connectivity index (χ1n) is 13.5. The summed E-state index contributed by atoms with van der Waals surface area (Å²) in [6, 6.07) is 8.76. The average Bonchev–Trinajstić information content (AvgIpc) is 3.57. The van der Waals surface area contributed by atoms with E-state index in [1.807, 2.05) is 10.7 Å². The highest BCUT2D eigenvalue weighted by Crippen LogP contribution is 2.27. The Morgan fingerprint density at radius 2 is 1.69 bits per heavy atom. The Balaban J connectivity index is 1.01. The van der Waals surface area contributed by atoms with Crippen molar-refractivity contribution in [2.75, 3.05) is 10.6 Å². The number of aryl methyl sites for hydroxylation is 4. The summed E-state index contributed by atoms with van der Waals surface area (Å²) in [4.78, 5) is 28.1. The quantitative estimate of drug-likeness (QED) is 0.245. The molecule has 0 spiro atoms. The van der Waals surface area contributed by atoms with Gasteiger partial charge < -0.3 is 10.6 Å². The van der Waals surface area contributed by atoms with Crippen molar-refractivity contribution in [3.05, 3.63) is 69.9 Å². The van der Waals surface area contributed by atoms with Crippen molar-refractivity contribution in [1.82, 2.24) is 35.2 Å². The standard InChI is InChI=1S/C27H28F3N9O2S/c28-27(29,30)21-9-5-7-18(31-21)15-23(40)32-22-12-11-17(34-35-22)6-1-2-10-25-36-37-26(42-25)33-24(41)16-19-14-20-8-3-4-13-39(20)38-19/h5,7,9,11-12,14H,1-4,6,8,10,13,15-16H2,(H,32,35,40)(H,33,37,41). The molecule has 0 radical (unpaired) electrons. The summed E-state index contributed by atoms with van der Waals surface area (Å²) in [6.45, 7) is 0.903. The van der Waals surface area contributed by atoms with E-state index in [0.717, 1.165) is 61.1 Å². The second kappa shape index (κ2) is 13.1. The van der Waals surface area contributed by atoms with Gasteiger partial charge in [-0.05, 0) is 68.9 Å². The molecule has 0 atom stereocenters. The molecule has 0 aliphatic carbocycles. The summed E-state index contributed by atoms with van der Waals surface area (Å²) < 4.78 is 40.4. The van der Waals surface area contributed by atoms with E-state index in [2.05, 4.69) is 41.1 Å². The van der Waals surface area contributed by atoms with E-state index in [1.54, 1.807) is 12.1 Å². The summed E-state index contributed by atoms with van der Waals surface area (Å²) in [6.07, 6.45) is 1.56. The maximum atomic E-state index is 12.8. The van der Waals surface area contributed by atoms with Gasteiger partial charge in [-0.2, -0.15) is 23.4 Å². The number of anilines is 2. The van der Waals surface area contributed by atoms with Crippen molar-refractivity contribution in [3.8, 4) is 0 Å². The molecule has 2 amide bonds. The molecule has 5 rings (SSSR count). The van der Waals surface area contributed by atoms with Crippen LogP contribution in [0.1, 0.15) is 59.2 Å². The molecule has 1 aliphatic heterocycles. The van der Waals surface area contributed by atoms with Crippen molar-refractivity contribution in [2.45, 2.75) is 70.5 Å². The lowest BCUT2D eigenvalue weighted by molar-refractivity contribution is -0.141. The van der Waals surface area contributed by atoms with Gasteiger partial charge in [0.15, 0.2) is 5.82 Å². The molecule has 0 saturated heterocycles. The number of carbonyl (C=O) groups excluding carboxylic acids is 2. The topological polar surface area (TPSA) is 140 Å². The molecule has 220 valence electrons. The van der Waals surface area contributed by atoms with Gasteiger partial charge in [-0.25, -0.2) is 4.98 Å². The number of amides is 2. The monoisotopic (exact) mass is 599 g/mol. The average molecular weight is 600 g/mol. The lowest BCUT2D eigenvalue weighted by atomic mass is 10.1. The Morgan fingerprint density at radius 3 is 2.48 bits per heavy atom. The number of nitrogens with zero attached hydrogens (tertiary/aromatic N) is 7. The summed E-state index contributed by atoms with van der Waals surface area (Å²) in [7, 11) is 0. The minimum absolute atomic E-state index is 0.00399. The third kappa shape index (κ3) is 8.15. The molecule has 4 aromatic heterocycles. The van der Waals surface area contributed by atoms with Crippen molar-refractivity contribution in [3.63, 3.8) is 0 Å². The molecule has 5 heterocycles. The number of aromatic nitrogens is 7. The second-order valence-electron chi connectivity index (χ2n) is 9.89. The van der Waals surface area contributed by atoms with E-state index in [1.165, 1.54) is 29.2 Å². The molecule has 0 unspecified atom stereocenters. The number of halogens is 3. The van der Waals surface area contributed by atoms with Crippen LogP contribution in [0.15, 0.2) is 36.4 Å². The molecule has 42 heavy (non-hydrogen) atoms. The van der Waals surface area contributed by atoms with E-state index < -0.39 is 17.8 Å². The van der Waals surface area contributed by atoms with Crippen LogP contribution in [0, 0.1) is 0 Å². The maximum absolute atomic E-state index is 12.8. The predicted octanol–water partition coefficient (Wildman–Crippen LogP) is 4.20. The van der Waals surface area contributed by atoms with E-state index in [9.17, 15) is 22.8 Å². The fourth-order valence-corrected chi connectivity index (χ4v) is 5.32. The number of pyridine rings is 1. The number of fused-ring (bicyclic) bond motifs is 1. The van der Waals surface area contributed by atoms with Crippen LogP contribution in [0.3, 0.4) is 0 Å². The van der Waals surface area contributed by atoms with Crippen molar-refractivity contribution >= 4 is 34.1 Å². The Labute approximate surface area is 243 Å². The Kier molecular flexibility index (Phi) is 9.15. The van der Waals surface area contributed by atoms with E-state index in [4.69, 9.17) is 0 Å². The fourth-order valence-electron chi connectivity index (χ4n) is 4.53. The van der Waals surface area contributed by atoms with Crippen LogP contribution in [-0.2, 0) is 54.4 Å². The van der Waals surface area contributed by atoms with Gasteiger partial charge in [0, 0.05) is 18.7 Å². The lowest BCUT2D eigenvalue weighted by Gasteiger charge is -2.11. The summed E-state index contributed by atoms with van der Waals surface area (Å²) in [5.41, 5.74) is 1.64. The fraction of sp³-hybridized carbons (Fsp3) is 0.407. The normalized spacial score (nSPS) is 13.0. The minimum atomic E-state index is -4.58. The van der Waals surface area contributed by atoms with Gasteiger partial charge in [0.2, 0.25) is 16.9 Å². The summed E-state index contributed by atoms with van der Waals surface area (Å²) in [5, 5.41) is 27.5. The second-order valence-corrected chi connectivity index (χ2v) is 10.9. The number of hydrogen-bond acceptors (Lipinski definition) is 9. The number of rotatable bonds is 11. The molecular weight excluding hydrogens is 571 g/mol. The van der Waals surface area contributed by atoms with Gasteiger partial charge in [-0.3, -0.25) is 14.3 Å². The SMILES string of the molecule is O=C(Cc1cccc(C(F)(F)F)n1)Nc1ccc(CCCCc2nnc(NC(=O)Cc3cc4n(n3)CCCC4)s2)nn1. The minimum Gasteiger partial charge on any atom is -0.309 e. The van der Waals surface area contributed by atoms with Crippen LogP contribution in [0.2, 0.25) is 0 Å². The number of nitrogens with one attached hydrogen (secondary N) is 2. The molecule has 4 aromatic rings. The van der Waals surface area contributed by atoms with Crippen LogP contribution < -0.4 is 10.6 Å². The largest absolute Gasteiger partial charge is 0.433 e. The zero-order chi connectivity index (χ0) is 29.5. The third-order valence-corrected chi connectivity index (χ3v) is 7.42. The van der Waals surface area contributed by atoms with Gasteiger partial charge in [0.25, 0.3) is 0 Å². The van der Waals surface area contributed by atoms with Gasteiger partial charge >= 0.3 is 6.18 Å². The highest BCUT2D eigenvalue weighted by molar-refractivity contribution is 7.15. The Bertz CT molecular complexity index is 1510. The van der Waals surface area contributed by atoms with Gasteiger partial charge in [-0.1, -0.05) is 17.4 Å². The number of unbranched alkanes of at least 4 members (excludes halogenated alkanes) is 1. The van der Waals surface area contributed by atoms with E-state index >= 15 is 0 Å². The molecule has 0 saturated carbocycles. The van der Waals surface area contributed by atoms with Crippen LogP contribution in [-0.4, -0.2) is 47.0 Å². The highest BCUT2D eigenvalue weighted by atomic mass is 32.1. The molecular formula is C27H28F3N9O2S. The van der Waals surface area contributed by atoms with Gasteiger partial charge in [0.05, 0.1) is 29.9 Å². The zero-order valence-electron chi connectivity index (χ0n) is 22.5. The predicted molar refractivity (Wildman–Crippen MR) is 148 cm³/mol. The van der Waals surface area contributed by atoms with Crippen LogP contribution in [0.25, 0.3) is 0 Å². The number of hydrogen-bond donors (Lipinski definition) is 2. The van der Waals surface area contributed by atoms with Crippen molar-refractivity contribution in [1.29, 1.82) is 0 Å². The molecule has 0 bridgehead atoms. The van der Waals surface area contributed by atoms with Crippen LogP contribution in [0.5, 0.6) is 0 Å². The van der Waals surface area contributed by atoms with E-state index in [0.29, 0.717) is 18.0 Å². The van der Waals surface area contributed by atoms with Gasteiger partial charge in [-0.15, -0.1) is 15.3 Å². The first-order valence-corrected chi connectivity index (χ1v) is 14.4.